The number of carbonyl (C=O) groups is 1. The average Bonchev–Trinajstić information content (AvgIpc) is 2.53. The van der Waals surface area contributed by atoms with Crippen molar-refractivity contribution in [3.63, 3.8) is 0 Å². The minimum Gasteiger partial charge on any atom is -0.508 e. The molecule has 2 aromatic rings. The van der Waals surface area contributed by atoms with Gasteiger partial charge in [-0.25, -0.2) is 0 Å². The fourth-order valence-electron chi connectivity index (χ4n) is 2.41. The summed E-state index contributed by atoms with van der Waals surface area (Å²) in [7, 11) is 0. The monoisotopic (exact) mass is 283 g/mol. The van der Waals surface area contributed by atoms with E-state index in [4.69, 9.17) is 4.74 Å². The number of rotatable bonds is 2. The summed E-state index contributed by atoms with van der Waals surface area (Å²) >= 11 is 0. The van der Waals surface area contributed by atoms with Crippen molar-refractivity contribution >= 4 is 22.8 Å². The second-order valence-electron chi connectivity index (χ2n) is 5.06. The molecule has 0 saturated carbocycles. The molecule has 4 nitrogen and oxygen atoms in total. The lowest BCUT2D eigenvalue weighted by atomic mass is 10.1. The maximum absolute atomic E-state index is 12.0. The van der Waals surface area contributed by atoms with Gasteiger partial charge in [-0.05, 0) is 40.6 Å². The highest BCUT2D eigenvalue weighted by atomic mass is 16.5. The molecule has 3 rings (SSSR count). The molecule has 1 heterocycles. The number of phenolic OH excluding ortho intramolecular Hbond substituents is 1. The molecule has 1 saturated heterocycles. The number of aromatic hydroxyl groups is 1. The van der Waals surface area contributed by atoms with E-state index in [2.05, 4.69) is 0 Å². The van der Waals surface area contributed by atoms with Crippen LogP contribution in [-0.4, -0.2) is 42.2 Å². The quantitative estimate of drug-likeness (QED) is 0.861. The van der Waals surface area contributed by atoms with E-state index in [-0.39, 0.29) is 11.7 Å². The van der Waals surface area contributed by atoms with Crippen LogP contribution in [0.1, 0.15) is 5.56 Å². The van der Waals surface area contributed by atoms with E-state index >= 15 is 0 Å². The second kappa shape index (κ2) is 5.97. The Morgan fingerprint density at radius 1 is 1.10 bits per heavy atom. The van der Waals surface area contributed by atoms with Crippen molar-refractivity contribution in [1.29, 1.82) is 0 Å². The Hall–Kier alpha value is -2.33. The van der Waals surface area contributed by atoms with Crippen molar-refractivity contribution in [3.8, 4) is 5.75 Å². The molecule has 108 valence electrons. The Bertz CT molecular complexity index is 687. The number of nitrogens with zero attached hydrogens (tertiary/aromatic N) is 1. The summed E-state index contributed by atoms with van der Waals surface area (Å²) in [5.41, 5.74) is 0.967. The molecule has 0 bridgehead atoms. The molecule has 0 unspecified atom stereocenters. The van der Waals surface area contributed by atoms with Crippen LogP contribution >= 0.6 is 0 Å². The normalized spacial score (nSPS) is 15.7. The van der Waals surface area contributed by atoms with Gasteiger partial charge >= 0.3 is 0 Å². The summed E-state index contributed by atoms with van der Waals surface area (Å²) in [5, 5.41) is 11.5. The highest BCUT2D eigenvalue weighted by Gasteiger charge is 2.13. The number of morpholine rings is 1. The van der Waals surface area contributed by atoms with Gasteiger partial charge in [0.15, 0.2) is 0 Å². The standard InChI is InChI=1S/C17H17NO3/c19-16-5-4-14-11-13(1-3-15(14)12-16)2-6-17(20)18-7-9-21-10-8-18/h1-6,11-12,19H,7-10H2/b6-2+. The molecule has 2 aromatic carbocycles. The van der Waals surface area contributed by atoms with Crippen LogP contribution in [0.2, 0.25) is 0 Å². The van der Waals surface area contributed by atoms with E-state index in [1.807, 2.05) is 30.3 Å². The van der Waals surface area contributed by atoms with E-state index in [0.29, 0.717) is 26.3 Å². The van der Waals surface area contributed by atoms with E-state index < -0.39 is 0 Å². The average molecular weight is 283 g/mol. The predicted octanol–water partition coefficient (Wildman–Crippen LogP) is 2.42. The lowest BCUT2D eigenvalue weighted by Crippen LogP contribution is -2.39. The van der Waals surface area contributed by atoms with Crippen molar-refractivity contribution < 1.29 is 14.6 Å². The Kier molecular flexibility index (Phi) is 3.88. The molecule has 1 N–H and O–H groups in total. The van der Waals surface area contributed by atoms with E-state index in [1.165, 1.54) is 0 Å². The van der Waals surface area contributed by atoms with Crippen molar-refractivity contribution in [2.45, 2.75) is 0 Å². The SMILES string of the molecule is O=C(/C=C/c1ccc2cc(O)ccc2c1)N1CCOCC1. The number of ether oxygens (including phenoxy) is 1. The van der Waals surface area contributed by atoms with Crippen molar-refractivity contribution in [1.82, 2.24) is 4.90 Å². The van der Waals surface area contributed by atoms with Gasteiger partial charge in [0.2, 0.25) is 5.91 Å². The molecule has 4 heteroatoms. The molecule has 0 spiro atoms. The maximum atomic E-state index is 12.0. The first kappa shape index (κ1) is 13.6. The third kappa shape index (κ3) is 3.23. The van der Waals surface area contributed by atoms with Gasteiger partial charge in [-0.2, -0.15) is 0 Å². The van der Waals surface area contributed by atoms with Gasteiger partial charge < -0.3 is 14.7 Å². The zero-order valence-electron chi connectivity index (χ0n) is 11.7. The maximum Gasteiger partial charge on any atom is 0.246 e. The number of hydrogen-bond acceptors (Lipinski definition) is 3. The van der Waals surface area contributed by atoms with E-state index in [9.17, 15) is 9.90 Å². The molecule has 0 aliphatic carbocycles. The molecule has 0 radical (unpaired) electrons. The Morgan fingerprint density at radius 3 is 2.62 bits per heavy atom. The molecule has 0 aromatic heterocycles. The number of fused-ring (bicyclic) bond motifs is 1. The first-order valence-corrected chi connectivity index (χ1v) is 7.00. The van der Waals surface area contributed by atoms with Crippen LogP contribution in [0, 0.1) is 0 Å². The van der Waals surface area contributed by atoms with Gasteiger partial charge in [0.1, 0.15) is 5.75 Å². The van der Waals surface area contributed by atoms with Crippen LogP contribution < -0.4 is 0 Å². The highest BCUT2D eigenvalue weighted by molar-refractivity contribution is 5.93. The molecule has 21 heavy (non-hydrogen) atoms. The lowest BCUT2D eigenvalue weighted by molar-refractivity contribution is -0.129. The molecule has 1 aliphatic heterocycles. The summed E-state index contributed by atoms with van der Waals surface area (Å²) in [6, 6.07) is 11.1. The lowest BCUT2D eigenvalue weighted by Gasteiger charge is -2.25. The summed E-state index contributed by atoms with van der Waals surface area (Å²) < 4.78 is 5.23. The van der Waals surface area contributed by atoms with Gasteiger partial charge in [-0.3, -0.25) is 4.79 Å². The number of phenols is 1. The topological polar surface area (TPSA) is 49.8 Å². The molecule has 1 aliphatic rings. The second-order valence-corrected chi connectivity index (χ2v) is 5.06. The van der Waals surface area contributed by atoms with E-state index in [1.54, 1.807) is 23.1 Å². The zero-order valence-corrected chi connectivity index (χ0v) is 11.7. The van der Waals surface area contributed by atoms with Crippen LogP contribution in [0.3, 0.4) is 0 Å². The Morgan fingerprint density at radius 2 is 1.81 bits per heavy atom. The highest BCUT2D eigenvalue weighted by Crippen LogP contribution is 2.21. The minimum atomic E-state index is 0.0177. The summed E-state index contributed by atoms with van der Waals surface area (Å²) in [6.45, 7) is 2.53. The molecule has 1 amide bonds. The Labute approximate surface area is 123 Å². The third-order valence-corrected chi connectivity index (χ3v) is 3.59. The first-order valence-electron chi connectivity index (χ1n) is 7.00. The van der Waals surface area contributed by atoms with Crippen LogP contribution in [0.25, 0.3) is 16.8 Å². The van der Waals surface area contributed by atoms with Gasteiger partial charge in [0.05, 0.1) is 13.2 Å². The summed E-state index contributed by atoms with van der Waals surface area (Å²) in [6.07, 6.45) is 3.43. The minimum absolute atomic E-state index is 0.0177. The molecule has 0 atom stereocenters. The predicted molar refractivity (Wildman–Crippen MR) is 82.0 cm³/mol. The number of hydrogen-bond donors (Lipinski definition) is 1. The summed E-state index contributed by atoms with van der Waals surface area (Å²) in [5.74, 6) is 0.275. The molecular formula is C17H17NO3. The van der Waals surface area contributed by atoms with Gasteiger partial charge in [-0.15, -0.1) is 0 Å². The number of carbonyl (C=O) groups excluding carboxylic acids is 1. The van der Waals surface area contributed by atoms with Gasteiger partial charge in [0, 0.05) is 19.2 Å². The van der Waals surface area contributed by atoms with Gasteiger partial charge in [-0.1, -0.05) is 18.2 Å². The molecule has 1 fully saturated rings. The third-order valence-electron chi connectivity index (χ3n) is 3.59. The zero-order chi connectivity index (χ0) is 14.7. The van der Waals surface area contributed by atoms with Crippen molar-refractivity contribution in [3.05, 3.63) is 48.0 Å². The number of benzene rings is 2. The fourth-order valence-corrected chi connectivity index (χ4v) is 2.41. The summed E-state index contributed by atoms with van der Waals surface area (Å²) in [4.78, 5) is 13.8. The smallest absolute Gasteiger partial charge is 0.246 e. The van der Waals surface area contributed by atoms with Gasteiger partial charge in [0.25, 0.3) is 0 Å². The van der Waals surface area contributed by atoms with E-state index in [0.717, 1.165) is 16.3 Å². The molecular weight excluding hydrogens is 266 g/mol. The Balaban J connectivity index is 1.76. The van der Waals surface area contributed by atoms with Crippen LogP contribution in [-0.2, 0) is 9.53 Å². The fraction of sp³-hybridized carbons (Fsp3) is 0.235. The van der Waals surface area contributed by atoms with Crippen LogP contribution in [0.15, 0.2) is 42.5 Å². The largest absolute Gasteiger partial charge is 0.508 e. The number of amides is 1. The van der Waals surface area contributed by atoms with Crippen LogP contribution in [0.4, 0.5) is 0 Å². The first-order chi connectivity index (χ1) is 10.2. The van der Waals surface area contributed by atoms with Crippen molar-refractivity contribution in [2.24, 2.45) is 0 Å². The van der Waals surface area contributed by atoms with Crippen LogP contribution in [0.5, 0.6) is 5.75 Å². The van der Waals surface area contributed by atoms with Crippen molar-refractivity contribution in [2.75, 3.05) is 26.3 Å².